The van der Waals surface area contributed by atoms with E-state index in [-0.39, 0.29) is 11.5 Å². The summed E-state index contributed by atoms with van der Waals surface area (Å²) in [4.78, 5) is 11.9. The third kappa shape index (κ3) is 2.90. The number of hydrogen-bond acceptors (Lipinski definition) is 3. The Kier molecular flexibility index (Phi) is 4.01. The maximum Gasteiger partial charge on any atom is 0.228 e. The lowest BCUT2D eigenvalue weighted by molar-refractivity contribution is -0.129. The van der Waals surface area contributed by atoms with Crippen LogP contribution in [0.2, 0.25) is 0 Å². The van der Waals surface area contributed by atoms with E-state index in [0.29, 0.717) is 12.2 Å². The van der Waals surface area contributed by atoms with Gasteiger partial charge in [0.25, 0.3) is 0 Å². The molecular weight excluding hydrogens is 230 g/mol. The quantitative estimate of drug-likeness (QED) is 0.815. The second-order valence-corrected chi connectivity index (χ2v) is 4.99. The van der Waals surface area contributed by atoms with Crippen molar-refractivity contribution in [3.8, 4) is 0 Å². The van der Waals surface area contributed by atoms with Crippen molar-refractivity contribution in [1.82, 2.24) is 10.2 Å². The first-order chi connectivity index (χ1) is 8.67. The number of hydrogen-bond donors (Lipinski definition) is 2. The molecular formula is C13H21N3O2. The number of carbonyl (C=O) groups is 1. The minimum Gasteiger partial charge on any atom is -0.378 e. The molecule has 1 aliphatic rings. The molecule has 0 saturated heterocycles. The fraction of sp³-hybridized carbons (Fsp3) is 0.692. The van der Waals surface area contributed by atoms with Gasteiger partial charge in [0.15, 0.2) is 5.82 Å². The highest BCUT2D eigenvalue weighted by Gasteiger charge is 2.39. The first-order valence-electron chi connectivity index (χ1n) is 6.57. The van der Waals surface area contributed by atoms with Crippen LogP contribution in [0.3, 0.4) is 0 Å². The third-order valence-electron chi connectivity index (χ3n) is 3.60. The van der Waals surface area contributed by atoms with Crippen molar-refractivity contribution in [1.29, 1.82) is 0 Å². The van der Waals surface area contributed by atoms with Crippen molar-refractivity contribution in [2.24, 2.45) is 0 Å². The molecule has 5 heteroatoms. The smallest absolute Gasteiger partial charge is 0.228 e. The highest BCUT2D eigenvalue weighted by molar-refractivity contribution is 5.90. The van der Waals surface area contributed by atoms with Gasteiger partial charge < -0.3 is 10.1 Å². The summed E-state index contributed by atoms with van der Waals surface area (Å²) in [6, 6.07) is 1.89. The van der Waals surface area contributed by atoms with Gasteiger partial charge in [-0.1, -0.05) is 13.3 Å². The Morgan fingerprint density at radius 1 is 1.61 bits per heavy atom. The number of amides is 1. The van der Waals surface area contributed by atoms with Crippen molar-refractivity contribution in [3.63, 3.8) is 0 Å². The van der Waals surface area contributed by atoms with Crippen LogP contribution in [0.5, 0.6) is 0 Å². The molecule has 0 unspecified atom stereocenters. The van der Waals surface area contributed by atoms with E-state index in [4.69, 9.17) is 4.74 Å². The van der Waals surface area contributed by atoms with Gasteiger partial charge in [-0.3, -0.25) is 9.89 Å². The largest absolute Gasteiger partial charge is 0.378 e. The highest BCUT2D eigenvalue weighted by atomic mass is 16.5. The molecule has 100 valence electrons. The summed E-state index contributed by atoms with van der Waals surface area (Å²) in [5, 5.41) is 9.82. The lowest BCUT2D eigenvalue weighted by Crippen LogP contribution is -2.42. The molecule has 1 amide bonds. The highest BCUT2D eigenvalue weighted by Crippen LogP contribution is 2.38. The number of carbonyl (C=O) groups excluding carboxylic acids is 1. The van der Waals surface area contributed by atoms with Gasteiger partial charge >= 0.3 is 0 Å². The number of anilines is 1. The lowest BCUT2D eigenvalue weighted by atomic mass is 9.77. The summed E-state index contributed by atoms with van der Waals surface area (Å²) in [6.07, 6.45) is 5.51. The fourth-order valence-corrected chi connectivity index (χ4v) is 2.33. The van der Waals surface area contributed by atoms with Gasteiger partial charge in [0, 0.05) is 18.9 Å². The second kappa shape index (κ2) is 5.52. The number of H-pyrrole nitrogens is 1. The van der Waals surface area contributed by atoms with Crippen molar-refractivity contribution in [2.75, 3.05) is 12.4 Å². The van der Waals surface area contributed by atoms with Crippen LogP contribution < -0.4 is 5.32 Å². The maximum atomic E-state index is 11.9. The molecule has 2 rings (SSSR count). The molecule has 0 radical (unpaired) electrons. The number of aryl methyl sites for hydroxylation is 1. The molecule has 0 bridgehead atoms. The summed E-state index contributed by atoms with van der Waals surface area (Å²) < 4.78 is 5.44. The minimum absolute atomic E-state index is 0.0221. The molecule has 2 N–H and O–H groups in total. The number of rotatable bonds is 6. The molecule has 1 heterocycles. The molecule has 18 heavy (non-hydrogen) atoms. The molecule has 1 aromatic rings. The van der Waals surface area contributed by atoms with Gasteiger partial charge in [-0.15, -0.1) is 0 Å². The standard InChI is InChI=1S/C13H21N3O2/c1-3-5-10-8-11(16-15-10)14-12(17)9-13(18-2)6-4-7-13/h8H,3-7,9H2,1-2H3,(H2,14,15,16,17). The topological polar surface area (TPSA) is 67.0 Å². The first kappa shape index (κ1) is 13.1. The summed E-state index contributed by atoms with van der Waals surface area (Å²) in [5.74, 6) is 0.583. The predicted octanol–water partition coefficient (Wildman–Crippen LogP) is 2.26. The van der Waals surface area contributed by atoms with Crippen molar-refractivity contribution in [2.45, 2.75) is 51.0 Å². The molecule has 1 saturated carbocycles. The van der Waals surface area contributed by atoms with E-state index in [9.17, 15) is 4.79 Å². The Morgan fingerprint density at radius 2 is 2.39 bits per heavy atom. The van der Waals surface area contributed by atoms with Gasteiger partial charge in [-0.2, -0.15) is 5.10 Å². The third-order valence-corrected chi connectivity index (χ3v) is 3.60. The first-order valence-corrected chi connectivity index (χ1v) is 6.57. The van der Waals surface area contributed by atoms with Crippen LogP contribution in [-0.4, -0.2) is 28.8 Å². The lowest BCUT2D eigenvalue weighted by Gasteiger charge is -2.39. The number of aromatic amines is 1. The van der Waals surface area contributed by atoms with Crippen molar-refractivity contribution < 1.29 is 9.53 Å². The van der Waals surface area contributed by atoms with E-state index in [1.807, 2.05) is 6.07 Å². The normalized spacial score (nSPS) is 17.2. The predicted molar refractivity (Wildman–Crippen MR) is 69.4 cm³/mol. The number of ether oxygens (including phenoxy) is 1. The van der Waals surface area contributed by atoms with Gasteiger partial charge in [-0.05, 0) is 25.7 Å². The summed E-state index contributed by atoms with van der Waals surface area (Å²) >= 11 is 0. The number of nitrogens with zero attached hydrogens (tertiary/aromatic N) is 1. The van der Waals surface area contributed by atoms with Gasteiger partial charge in [0.05, 0.1) is 12.0 Å². The zero-order valence-corrected chi connectivity index (χ0v) is 11.1. The zero-order valence-electron chi connectivity index (χ0n) is 11.1. The average molecular weight is 251 g/mol. The van der Waals surface area contributed by atoms with Crippen LogP contribution in [0.4, 0.5) is 5.82 Å². The van der Waals surface area contributed by atoms with Gasteiger partial charge in [-0.25, -0.2) is 0 Å². The van der Waals surface area contributed by atoms with Crippen LogP contribution >= 0.6 is 0 Å². The summed E-state index contributed by atoms with van der Waals surface area (Å²) in [7, 11) is 1.68. The molecule has 0 atom stereocenters. The van der Waals surface area contributed by atoms with Crippen molar-refractivity contribution in [3.05, 3.63) is 11.8 Å². The average Bonchev–Trinajstić information content (AvgIpc) is 2.71. The van der Waals surface area contributed by atoms with Gasteiger partial charge in [0.1, 0.15) is 0 Å². The molecule has 1 aromatic heterocycles. The number of nitrogens with one attached hydrogen (secondary N) is 2. The van der Waals surface area contributed by atoms with Crippen LogP contribution in [-0.2, 0) is 16.0 Å². The Labute approximate surface area is 107 Å². The minimum atomic E-state index is -0.230. The maximum absolute atomic E-state index is 11.9. The van der Waals surface area contributed by atoms with Gasteiger partial charge in [0.2, 0.25) is 5.91 Å². The molecule has 1 aliphatic carbocycles. The summed E-state index contributed by atoms with van der Waals surface area (Å²) in [5.41, 5.74) is 0.824. The van der Waals surface area contributed by atoms with Crippen LogP contribution in [0.25, 0.3) is 0 Å². The molecule has 0 spiro atoms. The van der Waals surface area contributed by atoms with Crippen LogP contribution in [0.1, 0.15) is 44.7 Å². The Bertz CT molecular complexity index is 405. The van der Waals surface area contributed by atoms with Crippen LogP contribution in [0.15, 0.2) is 6.07 Å². The van der Waals surface area contributed by atoms with E-state index in [0.717, 1.165) is 37.8 Å². The molecule has 0 aromatic carbocycles. The zero-order chi connectivity index (χ0) is 13.0. The molecule has 0 aliphatic heterocycles. The van der Waals surface area contributed by atoms with E-state index < -0.39 is 0 Å². The fourth-order valence-electron chi connectivity index (χ4n) is 2.33. The van der Waals surface area contributed by atoms with Crippen molar-refractivity contribution >= 4 is 11.7 Å². The van der Waals surface area contributed by atoms with Crippen LogP contribution in [0, 0.1) is 0 Å². The SMILES string of the molecule is CCCc1cc(NC(=O)CC2(OC)CCC2)n[nH]1. The molecule has 1 fully saturated rings. The summed E-state index contributed by atoms with van der Waals surface area (Å²) in [6.45, 7) is 2.11. The monoisotopic (exact) mass is 251 g/mol. The number of aromatic nitrogens is 2. The van der Waals surface area contributed by atoms with E-state index in [2.05, 4.69) is 22.4 Å². The Morgan fingerprint density at radius 3 is 2.94 bits per heavy atom. The van der Waals surface area contributed by atoms with E-state index >= 15 is 0 Å². The van der Waals surface area contributed by atoms with E-state index in [1.54, 1.807) is 7.11 Å². The Balaban J connectivity index is 1.86. The van der Waals surface area contributed by atoms with E-state index in [1.165, 1.54) is 0 Å². The Hall–Kier alpha value is -1.36. The molecule has 5 nitrogen and oxygen atoms in total. The number of methoxy groups -OCH3 is 1. The second-order valence-electron chi connectivity index (χ2n) is 4.99.